The molecule has 0 aliphatic heterocycles. The molecule has 0 rings (SSSR count). The minimum atomic E-state index is 0.358. The van der Waals surface area contributed by atoms with Crippen LogP contribution in [0.25, 0.3) is 0 Å². The van der Waals surface area contributed by atoms with E-state index in [0.717, 1.165) is 5.75 Å². The van der Waals surface area contributed by atoms with Gasteiger partial charge in [-0.2, -0.15) is 23.5 Å². The smallest absolute Gasteiger partial charge is 0.0101 e. The number of nitrogens with two attached hydrogens (primary N) is 1. The fourth-order valence-corrected chi connectivity index (χ4v) is 2.09. The van der Waals surface area contributed by atoms with Crippen LogP contribution in [0.4, 0.5) is 0 Å². The Balaban J connectivity index is 2.75. The molecule has 0 aliphatic rings. The molecule has 1 nitrogen and oxygen atoms in total. The number of hydrogen-bond acceptors (Lipinski definition) is 3. The second-order valence-electron chi connectivity index (χ2n) is 2.04. The van der Waals surface area contributed by atoms with E-state index >= 15 is 0 Å². The third-order valence-electron chi connectivity index (χ3n) is 0.813. The van der Waals surface area contributed by atoms with Crippen LogP contribution in [-0.4, -0.2) is 29.6 Å². The summed E-state index contributed by atoms with van der Waals surface area (Å²) in [5, 5.41) is 0. The van der Waals surface area contributed by atoms with Crippen LogP contribution < -0.4 is 5.73 Å². The van der Waals surface area contributed by atoms with Crippen LogP contribution >= 0.6 is 23.5 Å². The van der Waals surface area contributed by atoms with Gasteiger partial charge in [0.1, 0.15) is 0 Å². The first-order valence-electron chi connectivity index (χ1n) is 3.09. The van der Waals surface area contributed by atoms with Gasteiger partial charge < -0.3 is 5.73 Å². The molecule has 0 heterocycles. The summed E-state index contributed by atoms with van der Waals surface area (Å²) in [6, 6.07) is 0.358. The van der Waals surface area contributed by atoms with Crippen molar-refractivity contribution in [2.45, 2.75) is 13.0 Å². The van der Waals surface area contributed by atoms with Crippen LogP contribution in [0, 0.1) is 0 Å². The number of hydrogen-bond donors (Lipinski definition) is 1. The zero-order valence-electron chi connectivity index (χ0n) is 6.09. The van der Waals surface area contributed by atoms with E-state index in [0.29, 0.717) is 6.04 Å². The van der Waals surface area contributed by atoms with Gasteiger partial charge in [-0.05, 0) is 13.2 Å². The molecular formula is C6H15NS2. The van der Waals surface area contributed by atoms with Crippen LogP contribution in [0.15, 0.2) is 0 Å². The molecule has 0 saturated heterocycles. The van der Waals surface area contributed by atoms with Gasteiger partial charge in [-0.1, -0.05) is 0 Å². The molecule has 0 spiro atoms. The third kappa shape index (κ3) is 8.66. The average molecular weight is 165 g/mol. The number of thioether (sulfide) groups is 2. The molecule has 0 aromatic rings. The minimum Gasteiger partial charge on any atom is -0.327 e. The predicted octanol–water partition coefficient (Wildman–Crippen LogP) is 1.43. The Morgan fingerprint density at radius 3 is 2.56 bits per heavy atom. The molecule has 56 valence electrons. The van der Waals surface area contributed by atoms with Gasteiger partial charge in [-0.3, -0.25) is 0 Å². The highest BCUT2D eigenvalue weighted by Crippen LogP contribution is 2.04. The molecule has 3 heteroatoms. The summed E-state index contributed by atoms with van der Waals surface area (Å²) >= 11 is 3.83. The van der Waals surface area contributed by atoms with Crippen molar-refractivity contribution in [1.29, 1.82) is 0 Å². The van der Waals surface area contributed by atoms with E-state index < -0.39 is 0 Å². The van der Waals surface area contributed by atoms with Gasteiger partial charge in [0.25, 0.3) is 0 Å². The van der Waals surface area contributed by atoms with E-state index in [1.54, 1.807) is 0 Å². The maximum Gasteiger partial charge on any atom is 0.0101 e. The summed E-state index contributed by atoms with van der Waals surface area (Å²) in [5.41, 5.74) is 5.55. The van der Waals surface area contributed by atoms with Crippen molar-refractivity contribution < 1.29 is 0 Å². The van der Waals surface area contributed by atoms with Crippen molar-refractivity contribution in [2.75, 3.05) is 23.5 Å². The standard InChI is InChI=1S/C6H15NS2/c1-6(7)5-9-4-3-8-2/h6H,3-5,7H2,1-2H3. The van der Waals surface area contributed by atoms with Gasteiger partial charge in [0.2, 0.25) is 0 Å². The fourth-order valence-electron chi connectivity index (χ4n) is 0.411. The van der Waals surface area contributed by atoms with Crippen LogP contribution in [0.1, 0.15) is 6.92 Å². The molecule has 0 aromatic heterocycles. The zero-order chi connectivity index (χ0) is 7.11. The molecule has 0 aromatic carbocycles. The first kappa shape index (κ1) is 9.66. The van der Waals surface area contributed by atoms with E-state index in [4.69, 9.17) is 5.73 Å². The zero-order valence-corrected chi connectivity index (χ0v) is 7.73. The molecule has 0 bridgehead atoms. The highest BCUT2D eigenvalue weighted by Gasteiger charge is 1.92. The van der Waals surface area contributed by atoms with Crippen molar-refractivity contribution >= 4 is 23.5 Å². The van der Waals surface area contributed by atoms with Crippen LogP contribution in [0.3, 0.4) is 0 Å². The van der Waals surface area contributed by atoms with Crippen LogP contribution in [0.5, 0.6) is 0 Å². The van der Waals surface area contributed by atoms with Gasteiger partial charge in [0.05, 0.1) is 0 Å². The van der Waals surface area contributed by atoms with Crippen molar-refractivity contribution in [1.82, 2.24) is 0 Å². The van der Waals surface area contributed by atoms with Crippen LogP contribution in [0.2, 0.25) is 0 Å². The molecule has 1 unspecified atom stereocenters. The lowest BCUT2D eigenvalue weighted by Gasteiger charge is -2.02. The Labute approximate surface area is 66.2 Å². The predicted molar refractivity (Wildman–Crippen MR) is 49.4 cm³/mol. The highest BCUT2D eigenvalue weighted by molar-refractivity contribution is 8.02. The molecule has 0 amide bonds. The Bertz CT molecular complexity index is 57.0. The lowest BCUT2D eigenvalue weighted by molar-refractivity contribution is 0.847. The third-order valence-corrected chi connectivity index (χ3v) is 2.94. The van der Waals surface area contributed by atoms with Crippen molar-refractivity contribution in [3.05, 3.63) is 0 Å². The van der Waals surface area contributed by atoms with Gasteiger partial charge in [-0.15, -0.1) is 0 Å². The van der Waals surface area contributed by atoms with Crippen molar-refractivity contribution in [3.63, 3.8) is 0 Å². The molecule has 0 fully saturated rings. The summed E-state index contributed by atoms with van der Waals surface area (Å²) in [6.07, 6.45) is 2.13. The second-order valence-corrected chi connectivity index (χ2v) is 4.18. The summed E-state index contributed by atoms with van der Waals surface area (Å²) in [7, 11) is 0. The highest BCUT2D eigenvalue weighted by atomic mass is 32.2. The normalized spacial score (nSPS) is 13.7. The van der Waals surface area contributed by atoms with E-state index in [1.807, 2.05) is 30.4 Å². The SMILES string of the molecule is CSCCSCC(C)N. The lowest BCUT2D eigenvalue weighted by Crippen LogP contribution is -2.17. The Morgan fingerprint density at radius 1 is 1.44 bits per heavy atom. The van der Waals surface area contributed by atoms with Gasteiger partial charge >= 0.3 is 0 Å². The second kappa shape index (κ2) is 6.78. The topological polar surface area (TPSA) is 26.0 Å². The summed E-state index contributed by atoms with van der Waals surface area (Å²) < 4.78 is 0. The molecule has 0 saturated carbocycles. The molecule has 9 heavy (non-hydrogen) atoms. The molecule has 0 aliphatic carbocycles. The maximum atomic E-state index is 5.55. The van der Waals surface area contributed by atoms with E-state index in [2.05, 4.69) is 6.26 Å². The average Bonchev–Trinajstić information content (AvgIpc) is 1.80. The van der Waals surface area contributed by atoms with Crippen molar-refractivity contribution in [3.8, 4) is 0 Å². The lowest BCUT2D eigenvalue weighted by atomic mass is 10.4. The molecule has 0 radical (unpaired) electrons. The van der Waals surface area contributed by atoms with E-state index in [9.17, 15) is 0 Å². The summed E-state index contributed by atoms with van der Waals surface area (Å²) in [4.78, 5) is 0. The molecule has 2 N–H and O–H groups in total. The molecule has 1 atom stereocenters. The first-order valence-corrected chi connectivity index (χ1v) is 5.64. The van der Waals surface area contributed by atoms with E-state index in [-0.39, 0.29) is 0 Å². The van der Waals surface area contributed by atoms with E-state index in [1.165, 1.54) is 11.5 Å². The largest absolute Gasteiger partial charge is 0.327 e. The Hall–Kier alpha value is 0.660. The van der Waals surface area contributed by atoms with Gasteiger partial charge in [0, 0.05) is 23.3 Å². The van der Waals surface area contributed by atoms with Gasteiger partial charge in [-0.25, -0.2) is 0 Å². The minimum absolute atomic E-state index is 0.358. The van der Waals surface area contributed by atoms with Crippen molar-refractivity contribution in [2.24, 2.45) is 5.73 Å². The fraction of sp³-hybridized carbons (Fsp3) is 1.00. The monoisotopic (exact) mass is 165 g/mol. The quantitative estimate of drug-likeness (QED) is 0.624. The van der Waals surface area contributed by atoms with Gasteiger partial charge in [0.15, 0.2) is 0 Å². The summed E-state index contributed by atoms with van der Waals surface area (Å²) in [5.74, 6) is 3.58. The number of rotatable bonds is 5. The first-order chi connectivity index (χ1) is 4.27. The Morgan fingerprint density at radius 2 is 2.11 bits per heavy atom. The Kier molecular flexibility index (Phi) is 7.27. The van der Waals surface area contributed by atoms with Crippen LogP contribution in [-0.2, 0) is 0 Å². The molecular weight excluding hydrogens is 150 g/mol. The summed E-state index contributed by atoms with van der Waals surface area (Å²) in [6.45, 7) is 2.05. The maximum absolute atomic E-state index is 5.55.